The Labute approximate surface area is 177 Å². The number of aromatic nitrogens is 1. The molecule has 142 valence electrons. The maximum absolute atomic E-state index is 12.4. The molecule has 0 radical (unpaired) electrons. The van der Waals surface area contributed by atoms with Crippen molar-refractivity contribution in [1.82, 2.24) is 14.8 Å². The van der Waals surface area contributed by atoms with Gasteiger partial charge in [0.1, 0.15) is 5.01 Å². The summed E-state index contributed by atoms with van der Waals surface area (Å²) in [6, 6.07) is 11.6. The smallest absolute Gasteiger partial charge is 0.264 e. The first-order chi connectivity index (χ1) is 12.7. The quantitative estimate of drug-likeness (QED) is 0.579. The highest BCUT2D eigenvalue weighted by Gasteiger charge is 2.23. The molecule has 27 heavy (non-hydrogen) atoms. The Morgan fingerprint density at radius 3 is 2.48 bits per heavy atom. The molecule has 4 rings (SSSR count). The highest BCUT2D eigenvalue weighted by molar-refractivity contribution is 7.12. The molecule has 1 fully saturated rings. The van der Waals surface area contributed by atoms with E-state index < -0.39 is 0 Å². The molecule has 0 saturated carbocycles. The van der Waals surface area contributed by atoms with Gasteiger partial charge in [0, 0.05) is 42.1 Å². The number of hydrogen-bond acceptors (Lipinski definition) is 5. The summed E-state index contributed by atoms with van der Waals surface area (Å²) in [5.41, 5.74) is 2.08. The fraction of sp³-hybridized carbons (Fsp3) is 0.263. The Balaban J connectivity index is 0.00000210. The normalized spacial score (nSPS) is 14.8. The molecule has 8 heteroatoms. The van der Waals surface area contributed by atoms with Crippen molar-refractivity contribution in [1.29, 1.82) is 0 Å². The Kier molecular flexibility index (Phi) is 6.89. The topological polar surface area (TPSA) is 36.4 Å². The second kappa shape index (κ2) is 9.17. The lowest BCUT2D eigenvalue weighted by Crippen LogP contribution is -2.48. The first-order valence-corrected chi connectivity index (χ1v) is 10.6. The molecule has 0 spiro atoms. The van der Waals surface area contributed by atoms with Gasteiger partial charge in [-0.1, -0.05) is 29.8 Å². The maximum atomic E-state index is 12.4. The monoisotopic (exact) mass is 439 g/mol. The summed E-state index contributed by atoms with van der Waals surface area (Å²) < 4.78 is 0. The number of carbonyl (C=O) groups excluding carboxylic acids is 1. The lowest BCUT2D eigenvalue weighted by molar-refractivity contribution is 0.0633. The number of hydrogen-bond donors (Lipinski definition) is 0. The Hall–Kier alpha value is -1.44. The summed E-state index contributed by atoms with van der Waals surface area (Å²) in [5.74, 6) is 0.152. The SMILES string of the molecule is Cl.O=C(c1cccs1)N1CCN(Cc2nc(-c3ccc(Cl)cc3)cs2)CC1. The van der Waals surface area contributed by atoms with E-state index in [9.17, 15) is 4.79 Å². The molecule has 4 nitrogen and oxygen atoms in total. The van der Waals surface area contributed by atoms with Crippen LogP contribution < -0.4 is 0 Å². The van der Waals surface area contributed by atoms with Crippen molar-refractivity contribution in [2.24, 2.45) is 0 Å². The molecule has 0 atom stereocenters. The van der Waals surface area contributed by atoms with Gasteiger partial charge in [0.25, 0.3) is 5.91 Å². The molecular weight excluding hydrogens is 421 g/mol. The summed E-state index contributed by atoms with van der Waals surface area (Å²) in [7, 11) is 0. The number of thiophene rings is 1. The first kappa shape index (κ1) is 20.3. The number of thiazole rings is 1. The zero-order chi connectivity index (χ0) is 17.9. The van der Waals surface area contributed by atoms with E-state index in [4.69, 9.17) is 16.6 Å². The summed E-state index contributed by atoms with van der Waals surface area (Å²) >= 11 is 9.14. The van der Waals surface area contributed by atoms with Crippen LogP contribution in [0.25, 0.3) is 11.3 Å². The van der Waals surface area contributed by atoms with Crippen LogP contribution in [0.3, 0.4) is 0 Å². The molecule has 0 aliphatic carbocycles. The Bertz CT molecular complexity index is 873. The minimum absolute atomic E-state index is 0. The van der Waals surface area contributed by atoms with E-state index in [0.29, 0.717) is 0 Å². The standard InChI is InChI=1S/C19H18ClN3OS2.ClH/c20-15-5-3-14(4-6-15)16-13-26-18(21-16)12-22-7-9-23(10-8-22)19(24)17-2-1-11-25-17;/h1-6,11,13H,7-10,12H2;1H. The molecule has 1 aliphatic rings. The van der Waals surface area contributed by atoms with Crippen LogP contribution >= 0.6 is 46.7 Å². The number of benzene rings is 1. The number of piperazine rings is 1. The summed E-state index contributed by atoms with van der Waals surface area (Å²) in [6.07, 6.45) is 0. The molecule has 3 aromatic rings. The van der Waals surface area contributed by atoms with E-state index in [0.717, 1.165) is 58.9 Å². The lowest BCUT2D eigenvalue weighted by Gasteiger charge is -2.34. The van der Waals surface area contributed by atoms with E-state index in [1.54, 1.807) is 11.3 Å². The minimum atomic E-state index is 0. The average molecular weight is 440 g/mol. The van der Waals surface area contributed by atoms with Crippen molar-refractivity contribution < 1.29 is 4.79 Å². The zero-order valence-corrected chi connectivity index (χ0v) is 17.7. The molecule has 0 bridgehead atoms. The third-order valence-corrected chi connectivity index (χ3v) is 6.39. The van der Waals surface area contributed by atoms with Crippen LogP contribution in [-0.2, 0) is 6.54 Å². The van der Waals surface area contributed by atoms with Gasteiger partial charge in [-0.25, -0.2) is 4.98 Å². The largest absolute Gasteiger partial charge is 0.335 e. The van der Waals surface area contributed by atoms with Crippen LogP contribution in [-0.4, -0.2) is 46.9 Å². The Morgan fingerprint density at radius 2 is 1.81 bits per heavy atom. The predicted molar refractivity (Wildman–Crippen MR) is 115 cm³/mol. The number of rotatable bonds is 4. The van der Waals surface area contributed by atoms with Gasteiger partial charge in [-0.15, -0.1) is 35.1 Å². The molecule has 1 aromatic carbocycles. The highest BCUT2D eigenvalue weighted by atomic mass is 35.5. The third-order valence-electron chi connectivity index (χ3n) is 4.44. The minimum Gasteiger partial charge on any atom is -0.335 e. The van der Waals surface area contributed by atoms with Crippen molar-refractivity contribution in [2.75, 3.05) is 26.2 Å². The second-order valence-electron chi connectivity index (χ2n) is 6.18. The van der Waals surface area contributed by atoms with Crippen molar-refractivity contribution in [2.45, 2.75) is 6.54 Å². The van der Waals surface area contributed by atoms with Crippen LogP contribution in [0, 0.1) is 0 Å². The molecule has 2 aromatic heterocycles. The fourth-order valence-electron chi connectivity index (χ4n) is 2.99. The Morgan fingerprint density at radius 1 is 1.07 bits per heavy atom. The fourth-order valence-corrected chi connectivity index (χ4v) is 4.65. The predicted octanol–water partition coefficient (Wildman–Crippen LogP) is 4.90. The van der Waals surface area contributed by atoms with Gasteiger partial charge >= 0.3 is 0 Å². The van der Waals surface area contributed by atoms with E-state index in [1.165, 1.54) is 11.3 Å². The van der Waals surface area contributed by atoms with Gasteiger partial charge in [0.05, 0.1) is 17.1 Å². The van der Waals surface area contributed by atoms with Gasteiger partial charge in [0.15, 0.2) is 0 Å². The highest BCUT2D eigenvalue weighted by Crippen LogP contribution is 2.24. The number of carbonyl (C=O) groups is 1. The van der Waals surface area contributed by atoms with Gasteiger partial charge in [0.2, 0.25) is 0 Å². The molecule has 1 aliphatic heterocycles. The lowest BCUT2D eigenvalue weighted by atomic mass is 10.2. The van der Waals surface area contributed by atoms with Crippen LogP contribution in [0.15, 0.2) is 47.2 Å². The van der Waals surface area contributed by atoms with Crippen LogP contribution in [0.1, 0.15) is 14.7 Å². The molecule has 3 heterocycles. The van der Waals surface area contributed by atoms with E-state index in [1.807, 2.05) is 46.7 Å². The van der Waals surface area contributed by atoms with Gasteiger partial charge in [-0.2, -0.15) is 0 Å². The van der Waals surface area contributed by atoms with Gasteiger partial charge in [-0.3, -0.25) is 9.69 Å². The van der Waals surface area contributed by atoms with Crippen molar-refractivity contribution in [3.63, 3.8) is 0 Å². The summed E-state index contributed by atoms with van der Waals surface area (Å²) in [6.45, 7) is 4.14. The van der Waals surface area contributed by atoms with Gasteiger partial charge < -0.3 is 4.90 Å². The van der Waals surface area contributed by atoms with Crippen molar-refractivity contribution in [3.8, 4) is 11.3 Å². The third kappa shape index (κ3) is 4.89. The number of nitrogens with zero attached hydrogens (tertiary/aromatic N) is 3. The molecule has 1 amide bonds. The second-order valence-corrected chi connectivity index (χ2v) is 8.51. The molecular formula is C19H19Cl2N3OS2. The summed E-state index contributed by atoms with van der Waals surface area (Å²) in [5, 5.41) is 5.88. The van der Waals surface area contributed by atoms with Crippen molar-refractivity contribution >= 4 is 52.6 Å². The van der Waals surface area contributed by atoms with E-state index in [-0.39, 0.29) is 18.3 Å². The average Bonchev–Trinajstić information content (AvgIpc) is 3.35. The van der Waals surface area contributed by atoms with Crippen LogP contribution in [0.2, 0.25) is 5.02 Å². The summed E-state index contributed by atoms with van der Waals surface area (Å²) in [4.78, 5) is 22.3. The van der Waals surface area contributed by atoms with Crippen LogP contribution in [0.4, 0.5) is 0 Å². The van der Waals surface area contributed by atoms with E-state index >= 15 is 0 Å². The molecule has 0 N–H and O–H groups in total. The van der Waals surface area contributed by atoms with Gasteiger partial charge in [-0.05, 0) is 23.6 Å². The first-order valence-electron chi connectivity index (χ1n) is 8.44. The van der Waals surface area contributed by atoms with Crippen LogP contribution in [0.5, 0.6) is 0 Å². The molecule has 0 unspecified atom stereocenters. The molecule has 1 saturated heterocycles. The zero-order valence-electron chi connectivity index (χ0n) is 14.5. The van der Waals surface area contributed by atoms with E-state index in [2.05, 4.69) is 10.3 Å². The number of halogens is 2. The maximum Gasteiger partial charge on any atom is 0.264 e. The number of amides is 1. The van der Waals surface area contributed by atoms with Crippen molar-refractivity contribution in [3.05, 3.63) is 62.1 Å².